The fourth-order valence-electron chi connectivity index (χ4n) is 1.33. The highest BCUT2D eigenvalue weighted by atomic mass is 79.9. The number of benzene rings is 1. The van der Waals surface area contributed by atoms with Crippen molar-refractivity contribution >= 4 is 27.5 Å². The van der Waals surface area contributed by atoms with Crippen molar-refractivity contribution in [3.8, 4) is 0 Å². The molecule has 17 heavy (non-hydrogen) atoms. The van der Waals surface area contributed by atoms with Gasteiger partial charge >= 0.3 is 0 Å². The van der Waals surface area contributed by atoms with Gasteiger partial charge in [-0.05, 0) is 18.2 Å². The molecule has 0 atom stereocenters. The number of nitrogens with zero attached hydrogens (tertiary/aromatic N) is 2. The van der Waals surface area contributed by atoms with Crippen LogP contribution in [0.25, 0.3) is 0 Å². The molecule has 1 aromatic heterocycles. The lowest BCUT2D eigenvalue weighted by Crippen LogP contribution is -2.23. The smallest absolute Gasteiger partial charge is 0.251 e. The van der Waals surface area contributed by atoms with Crippen LogP contribution in [0.3, 0.4) is 0 Å². The second kappa shape index (κ2) is 4.96. The number of carbonyl (C=O) groups excluding carboxylic acids is 1. The summed E-state index contributed by atoms with van der Waals surface area (Å²) in [4.78, 5) is 15.7. The summed E-state index contributed by atoms with van der Waals surface area (Å²) in [7, 11) is 0. The molecule has 1 aromatic carbocycles. The Morgan fingerprint density at radius 2 is 2.29 bits per heavy atom. The zero-order valence-corrected chi connectivity index (χ0v) is 10.4. The number of halogens is 1. The molecule has 0 aliphatic heterocycles. The number of hydrogen-bond acceptors (Lipinski definition) is 4. The first-order valence-electron chi connectivity index (χ1n) is 4.83. The highest BCUT2D eigenvalue weighted by molar-refractivity contribution is 9.10. The first kappa shape index (κ1) is 11.6. The van der Waals surface area contributed by atoms with Crippen LogP contribution in [0.5, 0.6) is 0 Å². The Morgan fingerprint density at radius 1 is 1.47 bits per heavy atom. The quantitative estimate of drug-likeness (QED) is 0.738. The summed E-state index contributed by atoms with van der Waals surface area (Å²) in [6.07, 6.45) is 1.39. The lowest BCUT2D eigenvalue weighted by molar-refractivity contribution is 0.0950. The number of rotatable bonds is 3. The Hall–Kier alpha value is -1.89. The molecule has 0 bridgehead atoms. The van der Waals surface area contributed by atoms with Crippen molar-refractivity contribution in [1.29, 1.82) is 0 Å². The number of anilines is 1. The van der Waals surface area contributed by atoms with E-state index in [-0.39, 0.29) is 5.91 Å². The van der Waals surface area contributed by atoms with Gasteiger partial charge in [0.25, 0.3) is 5.91 Å². The number of hydrogen-bond donors (Lipinski definition) is 3. The van der Waals surface area contributed by atoms with E-state index >= 15 is 0 Å². The topological polar surface area (TPSA) is 96.7 Å². The monoisotopic (exact) mass is 295 g/mol. The molecule has 0 saturated heterocycles. The van der Waals surface area contributed by atoms with Crippen LogP contribution in [0.15, 0.2) is 29.0 Å². The van der Waals surface area contributed by atoms with E-state index in [4.69, 9.17) is 5.73 Å². The molecule has 2 rings (SSSR count). The van der Waals surface area contributed by atoms with Gasteiger partial charge in [0.15, 0.2) is 0 Å². The normalized spacial score (nSPS) is 10.2. The fraction of sp³-hybridized carbons (Fsp3) is 0.100. The maximum Gasteiger partial charge on any atom is 0.251 e. The summed E-state index contributed by atoms with van der Waals surface area (Å²) in [6, 6.07) is 5.04. The molecule has 7 heteroatoms. The number of H-pyrrole nitrogens is 1. The largest absolute Gasteiger partial charge is 0.399 e. The number of aromatic amines is 1. The van der Waals surface area contributed by atoms with Gasteiger partial charge in [0.2, 0.25) is 0 Å². The number of aromatic nitrogens is 3. The number of nitrogen functional groups attached to an aromatic ring is 1. The first-order chi connectivity index (χ1) is 8.15. The Bertz CT molecular complexity index is 505. The van der Waals surface area contributed by atoms with Gasteiger partial charge in [-0.2, -0.15) is 5.10 Å². The number of carbonyl (C=O) groups is 1. The van der Waals surface area contributed by atoms with E-state index in [0.717, 1.165) is 4.47 Å². The standard InChI is InChI=1S/C10H10BrN5O/c11-7-1-6(2-8(12)3-7)10(17)13-4-9-14-5-15-16-9/h1-3,5H,4,12H2,(H,13,17)(H,14,15,16). The van der Waals surface area contributed by atoms with Crippen LogP contribution in [0, 0.1) is 0 Å². The van der Waals surface area contributed by atoms with Crippen LogP contribution in [0.2, 0.25) is 0 Å². The number of amides is 1. The maximum absolute atomic E-state index is 11.8. The number of nitrogens with one attached hydrogen (secondary N) is 2. The molecular formula is C10H10BrN5O. The average Bonchev–Trinajstić information content (AvgIpc) is 2.77. The fourth-order valence-corrected chi connectivity index (χ4v) is 1.84. The predicted molar refractivity (Wildman–Crippen MR) is 66.1 cm³/mol. The zero-order valence-electron chi connectivity index (χ0n) is 8.77. The van der Waals surface area contributed by atoms with Gasteiger partial charge in [-0.1, -0.05) is 15.9 Å². The van der Waals surface area contributed by atoms with E-state index < -0.39 is 0 Å². The van der Waals surface area contributed by atoms with Gasteiger partial charge in [0, 0.05) is 15.7 Å². The van der Waals surface area contributed by atoms with Gasteiger partial charge in [-0.3, -0.25) is 9.89 Å². The van der Waals surface area contributed by atoms with Crippen molar-refractivity contribution < 1.29 is 4.79 Å². The van der Waals surface area contributed by atoms with E-state index in [1.54, 1.807) is 18.2 Å². The zero-order chi connectivity index (χ0) is 12.3. The second-order valence-corrected chi connectivity index (χ2v) is 4.30. The van der Waals surface area contributed by atoms with E-state index in [0.29, 0.717) is 23.6 Å². The lowest BCUT2D eigenvalue weighted by Gasteiger charge is -2.04. The molecule has 0 unspecified atom stereocenters. The van der Waals surface area contributed by atoms with Crippen molar-refractivity contribution in [3.05, 3.63) is 40.4 Å². The molecule has 0 aliphatic carbocycles. The molecule has 0 aliphatic rings. The molecule has 0 radical (unpaired) electrons. The van der Waals surface area contributed by atoms with Gasteiger partial charge in [-0.25, -0.2) is 4.98 Å². The molecule has 4 N–H and O–H groups in total. The molecule has 1 heterocycles. The van der Waals surface area contributed by atoms with Gasteiger partial charge in [0.05, 0.1) is 6.54 Å². The van der Waals surface area contributed by atoms with Gasteiger partial charge in [-0.15, -0.1) is 0 Å². The number of nitrogens with two attached hydrogens (primary N) is 1. The molecule has 0 spiro atoms. The summed E-state index contributed by atoms with van der Waals surface area (Å²) >= 11 is 3.28. The van der Waals surface area contributed by atoms with Crippen LogP contribution in [0.4, 0.5) is 5.69 Å². The van der Waals surface area contributed by atoms with Gasteiger partial charge < -0.3 is 11.1 Å². The van der Waals surface area contributed by atoms with Crippen LogP contribution in [-0.4, -0.2) is 21.1 Å². The molecule has 0 fully saturated rings. The van der Waals surface area contributed by atoms with Crippen LogP contribution in [-0.2, 0) is 6.54 Å². The Balaban J connectivity index is 2.04. The molecule has 88 valence electrons. The van der Waals surface area contributed by atoms with E-state index in [1.165, 1.54) is 6.33 Å². The van der Waals surface area contributed by atoms with Crippen LogP contribution >= 0.6 is 15.9 Å². The molecule has 0 saturated carbocycles. The first-order valence-corrected chi connectivity index (χ1v) is 5.63. The molecule has 1 amide bonds. The Labute approximate surface area is 106 Å². The third-order valence-electron chi connectivity index (χ3n) is 2.06. The van der Waals surface area contributed by atoms with Crippen molar-refractivity contribution in [2.45, 2.75) is 6.54 Å². The summed E-state index contributed by atoms with van der Waals surface area (Å²) in [5, 5.41) is 9.05. The van der Waals surface area contributed by atoms with E-state index in [9.17, 15) is 4.79 Å². The van der Waals surface area contributed by atoms with E-state index in [2.05, 4.69) is 36.4 Å². The van der Waals surface area contributed by atoms with Crippen molar-refractivity contribution in [1.82, 2.24) is 20.5 Å². The van der Waals surface area contributed by atoms with Crippen molar-refractivity contribution in [3.63, 3.8) is 0 Å². The highest BCUT2D eigenvalue weighted by Gasteiger charge is 2.07. The Morgan fingerprint density at radius 3 is 2.94 bits per heavy atom. The highest BCUT2D eigenvalue weighted by Crippen LogP contribution is 2.17. The third-order valence-corrected chi connectivity index (χ3v) is 2.52. The lowest BCUT2D eigenvalue weighted by atomic mass is 10.2. The van der Waals surface area contributed by atoms with Crippen LogP contribution < -0.4 is 11.1 Å². The summed E-state index contributed by atoms with van der Waals surface area (Å²) < 4.78 is 0.766. The Kier molecular flexibility index (Phi) is 3.38. The summed E-state index contributed by atoms with van der Waals surface area (Å²) in [6.45, 7) is 0.297. The predicted octanol–water partition coefficient (Wildman–Crippen LogP) is 1.08. The third kappa shape index (κ3) is 3.04. The second-order valence-electron chi connectivity index (χ2n) is 3.39. The minimum absolute atomic E-state index is 0.214. The van der Waals surface area contributed by atoms with Gasteiger partial charge in [0.1, 0.15) is 12.2 Å². The van der Waals surface area contributed by atoms with E-state index in [1.807, 2.05) is 0 Å². The summed E-state index contributed by atoms with van der Waals surface area (Å²) in [5.74, 6) is 0.385. The molecule has 2 aromatic rings. The van der Waals surface area contributed by atoms with Crippen molar-refractivity contribution in [2.75, 3.05) is 5.73 Å². The minimum atomic E-state index is -0.214. The molecular weight excluding hydrogens is 286 g/mol. The maximum atomic E-state index is 11.8. The molecule has 6 nitrogen and oxygen atoms in total. The average molecular weight is 296 g/mol. The van der Waals surface area contributed by atoms with Crippen molar-refractivity contribution in [2.24, 2.45) is 0 Å². The minimum Gasteiger partial charge on any atom is -0.399 e. The SMILES string of the molecule is Nc1cc(Br)cc(C(=O)NCc2ncn[nH]2)c1. The van der Waals surface area contributed by atoms with Crippen LogP contribution in [0.1, 0.15) is 16.2 Å². The summed E-state index contributed by atoms with van der Waals surface area (Å²) in [5.41, 5.74) is 6.68.